The number of imidazole rings is 1. The minimum absolute atomic E-state index is 0.0744. The first-order valence-electron chi connectivity index (χ1n) is 11.1. The summed E-state index contributed by atoms with van der Waals surface area (Å²) in [5, 5.41) is 0. The molecule has 0 radical (unpaired) electrons. The Hall–Kier alpha value is -3.23. The molecule has 1 saturated heterocycles. The van der Waals surface area contributed by atoms with Crippen LogP contribution in [-0.2, 0) is 17.8 Å². The van der Waals surface area contributed by atoms with Crippen LogP contribution in [0.4, 0.5) is 4.39 Å². The lowest BCUT2D eigenvalue weighted by atomic mass is 10.1. The molecule has 3 aromatic rings. The molecule has 0 saturated carbocycles. The van der Waals surface area contributed by atoms with Gasteiger partial charge in [0.1, 0.15) is 17.4 Å². The quantitative estimate of drug-likeness (QED) is 0.500. The Bertz CT molecular complexity index is 1070. The van der Waals surface area contributed by atoms with Crippen LogP contribution < -0.4 is 4.74 Å². The number of morpholine rings is 1. The molecule has 1 aliphatic rings. The first-order valence-corrected chi connectivity index (χ1v) is 11.1. The Balaban J connectivity index is 1.52. The highest BCUT2D eigenvalue weighted by atomic mass is 19.1. The van der Waals surface area contributed by atoms with E-state index < -0.39 is 5.82 Å². The van der Waals surface area contributed by atoms with Crippen molar-refractivity contribution in [1.29, 1.82) is 0 Å². The maximum Gasteiger partial charge on any atom is 0.257 e. The van der Waals surface area contributed by atoms with Gasteiger partial charge in [0.25, 0.3) is 5.91 Å². The molecule has 1 aromatic heterocycles. The van der Waals surface area contributed by atoms with Crippen molar-refractivity contribution in [3.8, 4) is 5.75 Å². The third kappa shape index (κ3) is 5.97. The average molecular weight is 453 g/mol. The summed E-state index contributed by atoms with van der Waals surface area (Å²) >= 11 is 0. The Labute approximate surface area is 193 Å². The number of carbonyl (C=O) groups excluding carboxylic acids is 1. The van der Waals surface area contributed by atoms with Crippen molar-refractivity contribution in [2.75, 3.05) is 46.5 Å². The number of rotatable bonds is 9. The van der Waals surface area contributed by atoms with Crippen LogP contribution in [0.25, 0.3) is 0 Å². The minimum Gasteiger partial charge on any atom is -0.497 e. The van der Waals surface area contributed by atoms with E-state index in [2.05, 4.69) is 9.88 Å². The molecule has 0 N–H and O–H groups in total. The summed E-state index contributed by atoms with van der Waals surface area (Å²) in [7, 11) is 1.64. The zero-order chi connectivity index (χ0) is 23.0. The van der Waals surface area contributed by atoms with E-state index in [9.17, 15) is 9.18 Å². The Morgan fingerprint density at radius 3 is 2.79 bits per heavy atom. The molecule has 2 aromatic carbocycles. The smallest absolute Gasteiger partial charge is 0.257 e. The molecule has 0 aliphatic carbocycles. The summed E-state index contributed by atoms with van der Waals surface area (Å²) < 4.78 is 27.2. The number of nitrogens with zero attached hydrogens (tertiary/aromatic N) is 4. The van der Waals surface area contributed by atoms with Crippen LogP contribution >= 0.6 is 0 Å². The maximum atomic E-state index is 14.4. The summed E-state index contributed by atoms with van der Waals surface area (Å²) in [4.78, 5) is 21.7. The minimum atomic E-state index is -0.515. The monoisotopic (exact) mass is 452 g/mol. The molecule has 0 atom stereocenters. The number of hydrogen-bond acceptors (Lipinski definition) is 5. The predicted molar refractivity (Wildman–Crippen MR) is 123 cm³/mol. The number of ether oxygens (including phenoxy) is 2. The summed E-state index contributed by atoms with van der Waals surface area (Å²) in [6.45, 7) is 5.07. The lowest BCUT2D eigenvalue weighted by Crippen LogP contribution is -2.43. The molecule has 0 unspecified atom stereocenters. The van der Waals surface area contributed by atoms with E-state index in [1.54, 1.807) is 30.3 Å². The Morgan fingerprint density at radius 2 is 2.00 bits per heavy atom. The topological polar surface area (TPSA) is 59.8 Å². The van der Waals surface area contributed by atoms with Gasteiger partial charge >= 0.3 is 0 Å². The third-order valence-electron chi connectivity index (χ3n) is 5.80. The zero-order valence-electron chi connectivity index (χ0n) is 18.8. The van der Waals surface area contributed by atoms with Gasteiger partial charge in [-0.2, -0.15) is 0 Å². The molecule has 2 heterocycles. The molecule has 174 valence electrons. The standard InChI is InChI=1S/C25H29FN4O3/c1-32-21-6-4-5-20(17-21)18-29-10-9-27-24(29)19-30(12-11-28-13-15-33-16-14-28)25(31)22-7-2-3-8-23(22)26/h2-10,17H,11-16,18-19H2,1H3. The maximum absolute atomic E-state index is 14.4. The summed E-state index contributed by atoms with van der Waals surface area (Å²) in [6, 6.07) is 14.0. The molecule has 4 rings (SSSR count). The van der Waals surface area contributed by atoms with Gasteiger partial charge in [-0.1, -0.05) is 24.3 Å². The second kappa shape index (κ2) is 11.1. The van der Waals surface area contributed by atoms with E-state index in [4.69, 9.17) is 9.47 Å². The Kier molecular flexibility index (Phi) is 7.70. The van der Waals surface area contributed by atoms with Crippen molar-refractivity contribution in [2.45, 2.75) is 13.1 Å². The van der Waals surface area contributed by atoms with E-state index in [1.807, 2.05) is 35.0 Å². The van der Waals surface area contributed by atoms with E-state index >= 15 is 0 Å². The van der Waals surface area contributed by atoms with Gasteiger partial charge in [-0.05, 0) is 29.8 Å². The van der Waals surface area contributed by atoms with Crippen LogP contribution in [0.15, 0.2) is 60.9 Å². The van der Waals surface area contributed by atoms with E-state index in [0.717, 1.165) is 30.2 Å². The van der Waals surface area contributed by atoms with Gasteiger partial charge in [0, 0.05) is 45.1 Å². The fourth-order valence-electron chi connectivity index (χ4n) is 3.92. The number of halogens is 1. The molecule has 8 heteroatoms. The molecule has 1 fully saturated rings. The molecule has 0 bridgehead atoms. The number of methoxy groups -OCH3 is 1. The molecule has 1 amide bonds. The number of aromatic nitrogens is 2. The van der Waals surface area contributed by atoms with Crippen LogP contribution in [0.1, 0.15) is 21.7 Å². The van der Waals surface area contributed by atoms with Crippen molar-refractivity contribution in [3.63, 3.8) is 0 Å². The number of hydrogen-bond donors (Lipinski definition) is 0. The molecule has 0 spiro atoms. The highest BCUT2D eigenvalue weighted by molar-refractivity contribution is 5.94. The molecule has 7 nitrogen and oxygen atoms in total. The normalized spacial score (nSPS) is 14.2. The van der Waals surface area contributed by atoms with Crippen molar-refractivity contribution >= 4 is 5.91 Å². The highest BCUT2D eigenvalue weighted by Crippen LogP contribution is 2.17. The average Bonchev–Trinajstić information content (AvgIpc) is 3.28. The van der Waals surface area contributed by atoms with Crippen LogP contribution in [0.3, 0.4) is 0 Å². The lowest BCUT2D eigenvalue weighted by Gasteiger charge is -2.30. The van der Waals surface area contributed by atoms with Gasteiger partial charge in [0.2, 0.25) is 0 Å². The molecular weight excluding hydrogens is 423 g/mol. The van der Waals surface area contributed by atoms with Crippen molar-refractivity contribution < 1.29 is 18.7 Å². The second-order valence-electron chi connectivity index (χ2n) is 7.98. The third-order valence-corrected chi connectivity index (χ3v) is 5.80. The number of carbonyl (C=O) groups is 1. The SMILES string of the molecule is COc1cccc(Cn2ccnc2CN(CCN2CCOCC2)C(=O)c2ccccc2F)c1. The summed E-state index contributed by atoms with van der Waals surface area (Å²) in [5.41, 5.74) is 1.14. The number of benzene rings is 2. The second-order valence-corrected chi connectivity index (χ2v) is 7.98. The fraction of sp³-hybridized carbons (Fsp3) is 0.360. The van der Waals surface area contributed by atoms with Crippen LogP contribution in [0.2, 0.25) is 0 Å². The largest absolute Gasteiger partial charge is 0.497 e. The van der Waals surface area contributed by atoms with Gasteiger partial charge in [0.05, 0.1) is 32.4 Å². The van der Waals surface area contributed by atoms with Crippen molar-refractivity contribution in [2.24, 2.45) is 0 Å². The van der Waals surface area contributed by atoms with Gasteiger partial charge in [-0.3, -0.25) is 9.69 Å². The molecule has 33 heavy (non-hydrogen) atoms. The van der Waals surface area contributed by atoms with Gasteiger partial charge in [-0.25, -0.2) is 9.37 Å². The zero-order valence-corrected chi connectivity index (χ0v) is 18.8. The first-order chi connectivity index (χ1) is 16.1. The van der Waals surface area contributed by atoms with Crippen LogP contribution in [0.5, 0.6) is 5.75 Å². The van der Waals surface area contributed by atoms with E-state index in [1.165, 1.54) is 12.1 Å². The first kappa shape index (κ1) is 22.9. The van der Waals surface area contributed by atoms with E-state index in [-0.39, 0.29) is 18.0 Å². The summed E-state index contributed by atoms with van der Waals surface area (Å²) in [6.07, 6.45) is 3.62. The molecule has 1 aliphatic heterocycles. The number of amides is 1. The van der Waals surface area contributed by atoms with Gasteiger partial charge in [0.15, 0.2) is 0 Å². The summed E-state index contributed by atoms with van der Waals surface area (Å²) in [5.74, 6) is 0.677. The lowest BCUT2D eigenvalue weighted by molar-refractivity contribution is 0.0318. The highest BCUT2D eigenvalue weighted by Gasteiger charge is 2.22. The van der Waals surface area contributed by atoms with Crippen molar-refractivity contribution in [1.82, 2.24) is 19.4 Å². The van der Waals surface area contributed by atoms with Crippen molar-refractivity contribution in [3.05, 3.63) is 83.7 Å². The van der Waals surface area contributed by atoms with Crippen LogP contribution in [-0.4, -0.2) is 71.8 Å². The predicted octanol–water partition coefficient (Wildman–Crippen LogP) is 3.05. The Morgan fingerprint density at radius 1 is 1.18 bits per heavy atom. The van der Waals surface area contributed by atoms with E-state index in [0.29, 0.717) is 32.8 Å². The molecular formula is C25H29FN4O3. The van der Waals surface area contributed by atoms with Gasteiger partial charge in [-0.15, -0.1) is 0 Å². The van der Waals surface area contributed by atoms with Crippen LogP contribution in [0, 0.1) is 5.82 Å². The fourth-order valence-corrected chi connectivity index (χ4v) is 3.92. The van der Waals surface area contributed by atoms with Gasteiger partial charge < -0.3 is 18.9 Å².